The molecule has 1 aromatic carbocycles. The van der Waals surface area contributed by atoms with E-state index in [0.717, 1.165) is 0 Å². The summed E-state index contributed by atoms with van der Waals surface area (Å²) >= 11 is 0. The zero-order valence-corrected chi connectivity index (χ0v) is 14.6. The number of amides is 2. The van der Waals surface area contributed by atoms with Gasteiger partial charge in [-0.15, -0.1) is 0 Å². The number of ether oxygens (including phenoxy) is 1. The summed E-state index contributed by atoms with van der Waals surface area (Å²) < 4.78 is 15.5. The van der Waals surface area contributed by atoms with E-state index in [4.69, 9.17) is 13.6 Å². The lowest BCUT2D eigenvalue weighted by Crippen LogP contribution is -2.34. The van der Waals surface area contributed by atoms with Gasteiger partial charge in [0.25, 0.3) is 11.8 Å². The molecule has 3 rings (SSSR count). The van der Waals surface area contributed by atoms with E-state index in [-0.39, 0.29) is 12.2 Å². The number of hydrogen-bond acceptors (Lipinski definition) is 5. The van der Waals surface area contributed by atoms with Crippen LogP contribution in [0.25, 0.3) is 6.08 Å². The van der Waals surface area contributed by atoms with E-state index in [1.54, 1.807) is 55.6 Å². The minimum Gasteiger partial charge on any atom is -0.497 e. The maximum atomic E-state index is 12.5. The first-order chi connectivity index (χ1) is 13.2. The van der Waals surface area contributed by atoms with E-state index in [2.05, 4.69) is 10.6 Å². The molecule has 0 saturated carbocycles. The number of nitrogens with one attached hydrogen (secondary N) is 2. The molecule has 0 spiro atoms. The maximum absolute atomic E-state index is 12.5. The average Bonchev–Trinajstić information content (AvgIpc) is 3.39. The molecule has 2 N–H and O–H groups in total. The van der Waals surface area contributed by atoms with Gasteiger partial charge in [-0.05, 0) is 48.5 Å². The van der Waals surface area contributed by atoms with Gasteiger partial charge in [-0.2, -0.15) is 0 Å². The molecule has 0 atom stereocenters. The van der Waals surface area contributed by atoms with E-state index in [1.165, 1.54) is 18.6 Å². The lowest BCUT2D eigenvalue weighted by molar-refractivity contribution is -0.118. The fourth-order valence-corrected chi connectivity index (χ4v) is 2.29. The van der Waals surface area contributed by atoms with Crippen molar-refractivity contribution in [2.24, 2.45) is 0 Å². The van der Waals surface area contributed by atoms with Gasteiger partial charge in [-0.3, -0.25) is 9.59 Å². The molecule has 138 valence electrons. The monoisotopic (exact) mass is 366 g/mol. The van der Waals surface area contributed by atoms with Crippen molar-refractivity contribution in [1.29, 1.82) is 0 Å². The van der Waals surface area contributed by atoms with Crippen LogP contribution in [0.3, 0.4) is 0 Å². The fourth-order valence-electron chi connectivity index (χ4n) is 2.29. The molecule has 0 bridgehead atoms. The summed E-state index contributed by atoms with van der Waals surface area (Å²) in [6, 6.07) is 13.4. The predicted molar refractivity (Wildman–Crippen MR) is 97.7 cm³/mol. The van der Waals surface area contributed by atoms with Crippen molar-refractivity contribution in [3.8, 4) is 5.75 Å². The van der Waals surface area contributed by atoms with Crippen molar-refractivity contribution in [1.82, 2.24) is 10.6 Å². The highest BCUT2D eigenvalue weighted by Gasteiger charge is 2.15. The van der Waals surface area contributed by atoms with Crippen LogP contribution >= 0.6 is 0 Å². The van der Waals surface area contributed by atoms with Crippen molar-refractivity contribution in [3.63, 3.8) is 0 Å². The number of furan rings is 2. The molecule has 0 fully saturated rings. The Kier molecular flexibility index (Phi) is 5.73. The largest absolute Gasteiger partial charge is 0.497 e. The summed E-state index contributed by atoms with van der Waals surface area (Å²) in [5.74, 6) is 0.776. The highest BCUT2D eigenvalue weighted by molar-refractivity contribution is 6.05. The summed E-state index contributed by atoms with van der Waals surface area (Å²) in [6.07, 6.45) is 4.46. The Hall–Kier alpha value is -3.74. The molecule has 7 nitrogen and oxygen atoms in total. The molecule has 3 aromatic rings. The van der Waals surface area contributed by atoms with E-state index >= 15 is 0 Å². The topological polar surface area (TPSA) is 93.7 Å². The molecule has 7 heteroatoms. The minimum atomic E-state index is -0.468. The first kappa shape index (κ1) is 18.1. The third-order valence-electron chi connectivity index (χ3n) is 3.68. The Morgan fingerprint density at radius 3 is 2.41 bits per heavy atom. The molecule has 0 aliphatic rings. The smallest absolute Gasteiger partial charge is 0.268 e. The molecule has 2 amide bonds. The lowest BCUT2D eigenvalue weighted by Gasteiger charge is -2.10. The Morgan fingerprint density at radius 1 is 1.04 bits per heavy atom. The Labute approximate surface area is 155 Å². The van der Waals surface area contributed by atoms with Gasteiger partial charge >= 0.3 is 0 Å². The van der Waals surface area contributed by atoms with E-state index in [0.29, 0.717) is 22.8 Å². The zero-order chi connectivity index (χ0) is 19.1. The quantitative estimate of drug-likeness (QED) is 0.627. The highest BCUT2D eigenvalue weighted by atomic mass is 16.5. The Balaban J connectivity index is 1.74. The fraction of sp³-hybridized carbons (Fsp3) is 0.100. The van der Waals surface area contributed by atoms with Crippen molar-refractivity contribution < 1.29 is 23.2 Å². The van der Waals surface area contributed by atoms with Crippen LogP contribution in [0.5, 0.6) is 5.75 Å². The number of carbonyl (C=O) groups is 2. The van der Waals surface area contributed by atoms with Crippen molar-refractivity contribution in [2.45, 2.75) is 6.54 Å². The van der Waals surface area contributed by atoms with Crippen LogP contribution in [0.15, 0.2) is 75.6 Å². The van der Waals surface area contributed by atoms with Gasteiger partial charge in [0.2, 0.25) is 0 Å². The second kappa shape index (κ2) is 8.57. The van der Waals surface area contributed by atoms with E-state index < -0.39 is 11.8 Å². The van der Waals surface area contributed by atoms with Crippen LogP contribution in [0.4, 0.5) is 0 Å². The first-order valence-corrected chi connectivity index (χ1v) is 8.17. The van der Waals surface area contributed by atoms with Crippen LogP contribution in [0.1, 0.15) is 21.9 Å². The van der Waals surface area contributed by atoms with Gasteiger partial charge < -0.3 is 24.2 Å². The molecule has 2 heterocycles. The van der Waals surface area contributed by atoms with Crippen LogP contribution < -0.4 is 15.4 Å². The summed E-state index contributed by atoms with van der Waals surface area (Å²) in [5.41, 5.74) is 0.442. The predicted octanol–water partition coefficient (Wildman–Crippen LogP) is 2.97. The number of rotatable bonds is 7. The summed E-state index contributed by atoms with van der Waals surface area (Å²) in [4.78, 5) is 25.0. The third kappa shape index (κ3) is 4.88. The molecule has 0 unspecified atom stereocenters. The lowest BCUT2D eigenvalue weighted by atomic mass is 10.2. The molecule has 0 aliphatic carbocycles. The van der Waals surface area contributed by atoms with Gasteiger partial charge in [0.05, 0.1) is 26.2 Å². The highest BCUT2D eigenvalue weighted by Crippen LogP contribution is 2.12. The molecule has 0 aliphatic heterocycles. The van der Waals surface area contributed by atoms with Crippen LogP contribution in [0, 0.1) is 0 Å². The second-order valence-corrected chi connectivity index (χ2v) is 5.52. The van der Waals surface area contributed by atoms with E-state index in [9.17, 15) is 9.59 Å². The van der Waals surface area contributed by atoms with Crippen molar-refractivity contribution in [3.05, 3.63) is 83.8 Å². The van der Waals surface area contributed by atoms with Crippen molar-refractivity contribution in [2.75, 3.05) is 7.11 Å². The SMILES string of the molecule is COc1ccc(C(=O)NC(=Cc2ccco2)C(=O)NCc2ccco2)cc1. The summed E-state index contributed by atoms with van der Waals surface area (Å²) in [5, 5.41) is 5.31. The summed E-state index contributed by atoms with van der Waals surface area (Å²) in [7, 11) is 1.54. The van der Waals surface area contributed by atoms with Crippen LogP contribution in [-0.2, 0) is 11.3 Å². The Bertz CT molecular complexity index is 910. The third-order valence-corrected chi connectivity index (χ3v) is 3.68. The zero-order valence-electron chi connectivity index (χ0n) is 14.6. The van der Waals surface area contributed by atoms with Crippen LogP contribution in [0.2, 0.25) is 0 Å². The molecule has 2 aromatic heterocycles. The molecule has 27 heavy (non-hydrogen) atoms. The maximum Gasteiger partial charge on any atom is 0.268 e. The van der Waals surface area contributed by atoms with Gasteiger partial charge in [-0.1, -0.05) is 0 Å². The van der Waals surface area contributed by atoms with Crippen molar-refractivity contribution >= 4 is 17.9 Å². The molecular weight excluding hydrogens is 348 g/mol. The number of benzene rings is 1. The van der Waals surface area contributed by atoms with Crippen LogP contribution in [-0.4, -0.2) is 18.9 Å². The second-order valence-electron chi connectivity index (χ2n) is 5.52. The standard InChI is InChI=1S/C20H18N2O5/c1-25-15-8-6-14(7-9-15)19(23)22-18(12-16-4-2-10-26-16)20(24)21-13-17-5-3-11-27-17/h2-12H,13H2,1H3,(H,21,24)(H,22,23). The summed E-state index contributed by atoms with van der Waals surface area (Å²) in [6.45, 7) is 0.194. The van der Waals surface area contributed by atoms with Gasteiger partial charge in [-0.25, -0.2) is 0 Å². The normalized spacial score (nSPS) is 11.1. The molecule has 0 radical (unpaired) electrons. The first-order valence-electron chi connectivity index (χ1n) is 8.17. The number of hydrogen-bond donors (Lipinski definition) is 2. The average molecular weight is 366 g/mol. The number of methoxy groups -OCH3 is 1. The minimum absolute atomic E-state index is 0.0531. The molecule has 0 saturated heterocycles. The molecular formula is C20H18N2O5. The van der Waals surface area contributed by atoms with E-state index in [1.807, 2.05) is 0 Å². The van der Waals surface area contributed by atoms with Gasteiger partial charge in [0, 0.05) is 11.6 Å². The van der Waals surface area contributed by atoms with Gasteiger partial charge in [0.15, 0.2) is 0 Å². The van der Waals surface area contributed by atoms with Gasteiger partial charge in [0.1, 0.15) is 23.0 Å². The Morgan fingerprint density at radius 2 is 1.78 bits per heavy atom. The number of carbonyl (C=O) groups excluding carboxylic acids is 2.